The van der Waals surface area contributed by atoms with Crippen LogP contribution in [0.4, 0.5) is 0 Å². The average Bonchev–Trinajstić information content (AvgIpc) is 3.00. The lowest BCUT2D eigenvalue weighted by Gasteiger charge is -2.11. The molecule has 0 fully saturated rings. The van der Waals surface area contributed by atoms with Gasteiger partial charge in [-0.05, 0) is 38.5 Å². The number of ether oxygens (including phenoxy) is 2. The Morgan fingerprint density at radius 3 is 2.52 bits per heavy atom. The lowest BCUT2D eigenvalue weighted by molar-refractivity contribution is 0.0845. The molecule has 134 valence electrons. The molecule has 1 aromatic heterocycles. The quantitative estimate of drug-likeness (QED) is 0.775. The second-order valence-corrected chi connectivity index (χ2v) is 5.12. The molecule has 2 amide bonds. The van der Waals surface area contributed by atoms with Gasteiger partial charge in [-0.25, -0.2) is 0 Å². The van der Waals surface area contributed by atoms with Crippen LogP contribution < -0.4 is 20.3 Å². The third-order valence-electron chi connectivity index (χ3n) is 3.51. The zero-order chi connectivity index (χ0) is 18.4. The summed E-state index contributed by atoms with van der Waals surface area (Å²) in [4.78, 5) is 24.5. The van der Waals surface area contributed by atoms with Gasteiger partial charge in [-0.1, -0.05) is 12.1 Å². The zero-order valence-electron chi connectivity index (χ0n) is 14.6. The Kier molecular flexibility index (Phi) is 5.99. The van der Waals surface area contributed by atoms with Crippen molar-refractivity contribution in [1.82, 2.24) is 16.0 Å². The first-order chi connectivity index (χ1) is 12.0. The Balaban J connectivity index is 2.07. The van der Waals surface area contributed by atoms with Crippen molar-refractivity contribution in [3.63, 3.8) is 0 Å². The minimum atomic E-state index is -0.484. The van der Waals surface area contributed by atoms with Gasteiger partial charge in [-0.15, -0.1) is 0 Å². The zero-order valence-corrected chi connectivity index (χ0v) is 14.6. The summed E-state index contributed by atoms with van der Waals surface area (Å²) < 4.78 is 15.6. The van der Waals surface area contributed by atoms with E-state index in [9.17, 15) is 9.59 Å². The van der Waals surface area contributed by atoms with E-state index in [2.05, 4.69) is 16.0 Å². The number of hydrogen-bond acceptors (Lipinski definition) is 6. The fourth-order valence-electron chi connectivity index (χ4n) is 2.28. The summed E-state index contributed by atoms with van der Waals surface area (Å²) in [6.07, 6.45) is 0.546. The normalized spacial score (nSPS) is 10.2. The summed E-state index contributed by atoms with van der Waals surface area (Å²) >= 11 is 0. The largest absolute Gasteiger partial charge is 0.493 e. The van der Waals surface area contributed by atoms with E-state index in [1.54, 1.807) is 19.1 Å². The van der Waals surface area contributed by atoms with E-state index in [0.29, 0.717) is 47.1 Å². The van der Waals surface area contributed by atoms with Gasteiger partial charge in [0.05, 0.1) is 19.4 Å². The van der Waals surface area contributed by atoms with E-state index in [-0.39, 0.29) is 0 Å². The van der Waals surface area contributed by atoms with Crippen LogP contribution in [0.3, 0.4) is 0 Å². The molecule has 8 nitrogen and oxygen atoms in total. The first kappa shape index (κ1) is 18.3. The molecule has 0 saturated carbocycles. The highest BCUT2D eigenvalue weighted by Gasteiger charge is 2.20. The predicted octanol–water partition coefficient (Wildman–Crippen LogP) is 2.03. The van der Waals surface area contributed by atoms with Crippen LogP contribution in [0.15, 0.2) is 22.7 Å². The number of benzene rings is 1. The third-order valence-corrected chi connectivity index (χ3v) is 3.51. The number of carbonyl (C=O) groups is 2. The van der Waals surface area contributed by atoms with E-state index < -0.39 is 11.8 Å². The summed E-state index contributed by atoms with van der Waals surface area (Å²) in [5, 5.41) is 3.81. The summed E-state index contributed by atoms with van der Waals surface area (Å²) in [5.41, 5.74) is 5.91. The topological polar surface area (TPSA) is 103 Å². The van der Waals surface area contributed by atoms with Gasteiger partial charge in [0, 0.05) is 5.56 Å². The van der Waals surface area contributed by atoms with Gasteiger partial charge in [0.25, 0.3) is 11.8 Å². The van der Waals surface area contributed by atoms with Gasteiger partial charge < -0.3 is 14.0 Å². The smallest absolute Gasteiger partial charge is 0.275 e. The van der Waals surface area contributed by atoms with Crippen molar-refractivity contribution in [2.24, 2.45) is 0 Å². The molecule has 25 heavy (non-hydrogen) atoms. The molecule has 2 rings (SSSR count). The number of rotatable bonds is 6. The van der Waals surface area contributed by atoms with E-state index in [0.717, 1.165) is 0 Å². The Morgan fingerprint density at radius 1 is 1.16 bits per heavy atom. The Labute approximate surface area is 145 Å². The summed E-state index contributed by atoms with van der Waals surface area (Å²) in [7, 11) is 1.49. The summed E-state index contributed by atoms with van der Waals surface area (Å²) in [6.45, 7) is 5.84. The van der Waals surface area contributed by atoms with Gasteiger partial charge >= 0.3 is 0 Å². The number of aryl methyl sites for hydroxylation is 2. The molecule has 1 aromatic carbocycles. The molecule has 0 aliphatic carbocycles. The minimum absolute atomic E-state index is 0.318. The van der Waals surface area contributed by atoms with Gasteiger partial charge in [0.15, 0.2) is 11.5 Å². The van der Waals surface area contributed by atoms with E-state index >= 15 is 0 Å². The van der Waals surface area contributed by atoms with Crippen molar-refractivity contribution in [2.75, 3.05) is 13.7 Å². The van der Waals surface area contributed by atoms with Crippen LogP contribution in [-0.4, -0.2) is 30.7 Å². The lowest BCUT2D eigenvalue weighted by atomic mass is 10.1. The van der Waals surface area contributed by atoms with Crippen molar-refractivity contribution >= 4 is 11.8 Å². The van der Waals surface area contributed by atoms with Crippen LogP contribution in [0, 0.1) is 6.92 Å². The number of hydrogen-bond donors (Lipinski definition) is 2. The summed E-state index contributed by atoms with van der Waals surface area (Å²) in [5.74, 6) is 0.400. The highest BCUT2D eigenvalue weighted by Crippen LogP contribution is 2.27. The van der Waals surface area contributed by atoms with Gasteiger partial charge in [-0.3, -0.25) is 20.4 Å². The number of aromatic nitrogens is 1. The second-order valence-electron chi connectivity index (χ2n) is 5.12. The van der Waals surface area contributed by atoms with Crippen molar-refractivity contribution in [1.29, 1.82) is 0 Å². The fraction of sp³-hybridized carbons (Fsp3) is 0.353. The first-order valence-electron chi connectivity index (χ1n) is 7.88. The molecule has 8 heteroatoms. The highest BCUT2D eigenvalue weighted by molar-refractivity contribution is 6.00. The van der Waals surface area contributed by atoms with Gasteiger partial charge in [0.1, 0.15) is 11.3 Å². The van der Waals surface area contributed by atoms with Crippen LogP contribution in [0.5, 0.6) is 11.5 Å². The third kappa shape index (κ3) is 4.09. The molecule has 0 radical (unpaired) electrons. The molecule has 0 atom stereocenters. The number of hydrazine groups is 1. The Bertz CT molecular complexity index is 770. The molecule has 0 aliphatic rings. The molecule has 2 N–H and O–H groups in total. The maximum atomic E-state index is 12.2. The average molecular weight is 347 g/mol. The molecule has 0 spiro atoms. The van der Waals surface area contributed by atoms with E-state index in [1.807, 2.05) is 13.8 Å². The Hall–Kier alpha value is -3.03. The molecule has 0 bridgehead atoms. The van der Waals surface area contributed by atoms with Crippen LogP contribution in [0.25, 0.3) is 0 Å². The van der Waals surface area contributed by atoms with Crippen LogP contribution in [0.1, 0.15) is 46.0 Å². The van der Waals surface area contributed by atoms with E-state index in [4.69, 9.17) is 14.0 Å². The fourth-order valence-corrected chi connectivity index (χ4v) is 2.28. The standard InChI is InChI=1S/C17H21N3O5/c1-5-12-15(10(3)25-20-12)17(22)19-18-16(21)11-7-8-13(24-6-2)14(9-11)23-4/h7-9H,5-6H2,1-4H3,(H,18,21)(H,19,22). The molecule has 1 heterocycles. The predicted molar refractivity (Wildman–Crippen MR) is 89.7 cm³/mol. The minimum Gasteiger partial charge on any atom is -0.493 e. The maximum absolute atomic E-state index is 12.2. The number of nitrogens with one attached hydrogen (secondary N) is 2. The maximum Gasteiger partial charge on any atom is 0.275 e. The van der Waals surface area contributed by atoms with E-state index in [1.165, 1.54) is 13.2 Å². The van der Waals surface area contributed by atoms with Crippen molar-refractivity contribution in [3.05, 3.63) is 40.8 Å². The van der Waals surface area contributed by atoms with Crippen molar-refractivity contribution < 1.29 is 23.6 Å². The van der Waals surface area contributed by atoms with Gasteiger partial charge in [-0.2, -0.15) is 0 Å². The number of amides is 2. The molecule has 2 aromatic rings. The monoisotopic (exact) mass is 347 g/mol. The molecular formula is C17H21N3O5. The molecular weight excluding hydrogens is 326 g/mol. The number of nitrogens with zero attached hydrogens (tertiary/aromatic N) is 1. The molecule has 0 unspecified atom stereocenters. The Morgan fingerprint density at radius 2 is 1.88 bits per heavy atom. The lowest BCUT2D eigenvalue weighted by Crippen LogP contribution is -2.42. The van der Waals surface area contributed by atoms with Crippen LogP contribution in [-0.2, 0) is 6.42 Å². The molecule has 0 saturated heterocycles. The number of carbonyl (C=O) groups excluding carboxylic acids is 2. The number of methoxy groups -OCH3 is 1. The highest BCUT2D eigenvalue weighted by atomic mass is 16.5. The summed E-state index contributed by atoms with van der Waals surface area (Å²) in [6, 6.07) is 4.75. The van der Waals surface area contributed by atoms with Crippen LogP contribution >= 0.6 is 0 Å². The first-order valence-corrected chi connectivity index (χ1v) is 7.88. The van der Waals surface area contributed by atoms with Gasteiger partial charge in [0.2, 0.25) is 0 Å². The second kappa shape index (κ2) is 8.18. The van der Waals surface area contributed by atoms with Crippen molar-refractivity contribution in [2.45, 2.75) is 27.2 Å². The van der Waals surface area contributed by atoms with Crippen molar-refractivity contribution in [3.8, 4) is 11.5 Å². The SMILES string of the molecule is CCOc1ccc(C(=O)NNC(=O)c2c(CC)noc2C)cc1OC. The van der Waals surface area contributed by atoms with Crippen LogP contribution in [0.2, 0.25) is 0 Å². The molecule has 0 aliphatic heterocycles.